The molecule has 0 radical (unpaired) electrons. The van der Waals surface area contributed by atoms with Crippen LogP contribution in [0.1, 0.15) is 11.1 Å². The molecule has 4 aromatic carbocycles. The summed E-state index contributed by atoms with van der Waals surface area (Å²) in [7, 11) is 2.16. The fraction of sp³-hybridized carbons (Fsp3) is 0.205. The summed E-state index contributed by atoms with van der Waals surface area (Å²) in [6.07, 6.45) is 2.30. The molecular formula is C39H39N7O2. The molecule has 9 nitrogen and oxygen atoms in total. The van der Waals surface area contributed by atoms with Crippen molar-refractivity contribution in [3.05, 3.63) is 127 Å². The zero-order valence-electron chi connectivity index (χ0n) is 27.0. The quantitative estimate of drug-likeness (QED) is 0.142. The Kier molecular flexibility index (Phi) is 9.40. The number of urea groups is 1. The number of anilines is 3. The first-order chi connectivity index (χ1) is 23.6. The van der Waals surface area contributed by atoms with Crippen LogP contribution in [-0.2, 0) is 13.0 Å². The molecule has 1 fully saturated rings. The summed E-state index contributed by atoms with van der Waals surface area (Å²) in [5, 5.41) is 10.3. The van der Waals surface area contributed by atoms with Crippen LogP contribution in [-0.4, -0.2) is 65.6 Å². The van der Waals surface area contributed by atoms with Crippen molar-refractivity contribution in [1.29, 1.82) is 0 Å². The highest BCUT2D eigenvalue weighted by Gasteiger charge is 2.22. The summed E-state index contributed by atoms with van der Waals surface area (Å²) < 4.78 is 6.33. The monoisotopic (exact) mass is 637 g/mol. The van der Waals surface area contributed by atoms with Gasteiger partial charge in [-0.1, -0.05) is 84.9 Å². The SMILES string of the molecule is CN1CCN(Cc2cccc(NC(=O)Nc3ccc(CCNc4ncnc5oc(-c6ccccc6)c(-c6ccccc6)c45)cc3)c2)CC1. The Morgan fingerprint density at radius 2 is 1.46 bits per heavy atom. The molecule has 3 N–H and O–H groups in total. The minimum Gasteiger partial charge on any atom is -0.437 e. The molecule has 48 heavy (non-hydrogen) atoms. The van der Waals surface area contributed by atoms with Gasteiger partial charge in [-0.25, -0.2) is 14.8 Å². The van der Waals surface area contributed by atoms with E-state index in [1.165, 1.54) is 11.9 Å². The van der Waals surface area contributed by atoms with E-state index in [1.807, 2.05) is 91.0 Å². The lowest BCUT2D eigenvalue weighted by Crippen LogP contribution is -2.43. The normalized spacial score (nSPS) is 13.8. The van der Waals surface area contributed by atoms with Gasteiger partial charge in [-0.3, -0.25) is 4.90 Å². The zero-order valence-corrected chi connectivity index (χ0v) is 27.0. The number of likely N-dealkylation sites (N-methyl/N-ethyl adjacent to an activating group) is 1. The highest BCUT2D eigenvalue weighted by Crippen LogP contribution is 2.42. The average molecular weight is 638 g/mol. The van der Waals surface area contributed by atoms with Gasteiger partial charge in [0.25, 0.3) is 0 Å². The van der Waals surface area contributed by atoms with Crippen LogP contribution in [0.4, 0.5) is 22.0 Å². The van der Waals surface area contributed by atoms with Crippen molar-refractivity contribution in [1.82, 2.24) is 19.8 Å². The molecule has 6 aromatic rings. The number of carbonyl (C=O) groups excluding carboxylic acids is 1. The number of fused-ring (bicyclic) bond motifs is 1. The van der Waals surface area contributed by atoms with Gasteiger partial charge in [0.1, 0.15) is 17.9 Å². The van der Waals surface area contributed by atoms with Crippen LogP contribution in [0.15, 0.2) is 120 Å². The molecule has 3 heterocycles. The smallest absolute Gasteiger partial charge is 0.323 e. The molecule has 2 amide bonds. The van der Waals surface area contributed by atoms with E-state index in [4.69, 9.17) is 4.42 Å². The van der Waals surface area contributed by atoms with Gasteiger partial charge in [0.2, 0.25) is 5.71 Å². The molecule has 0 spiro atoms. The van der Waals surface area contributed by atoms with E-state index in [1.54, 1.807) is 0 Å². The number of nitrogens with one attached hydrogen (secondary N) is 3. The highest BCUT2D eigenvalue weighted by molar-refractivity contribution is 6.05. The number of hydrogen-bond donors (Lipinski definition) is 3. The van der Waals surface area contributed by atoms with Crippen LogP contribution in [0.3, 0.4) is 0 Å². The number of amides is 2. The topological polar surface area (TPSA) is 98.6 Å². The van der Waals surface area contributed by atoms with Crippen LogP contribution in [0, 0.1) is 0 Å². The van der Waals surface area contributed by atoms with E-state index in [-0.39, 0.29) is 6.03 Å². The fourth-order valence-electron chi connectivity index (χ4n) is 6.13. The zero-order chi connectivity index (χ0) is 32.7. The molecule has 0 bridgehead atoms. The van der Waals surface area contributed by atoms with Crippen LogP contribution in [0.25, 0.3) is 33.6 Å². The fourth-order valence-corrected chi connectivity index (χ4v) is 6.13. The van der Waals surface area contributed by atoms with Crippen LogP contribution in [0.5, 0.6) is 0 Å². The van der Waals surface area contributed by atoms with Crippen LogP contribution in [0.2, 0.25) is 0 Å². The number of aromatic nitrogens is 2. The van der Waals surface area contributed by atoms with Crippen LogP contribution >= 0.6 is 0 Å². The predicted octanol–water partition coefficient (Wildman–Crippen LogP) is 7.60. The molecule has 1 aliphatic heterocycles. The van der Waals surface area contributed by atoms with Crippen molar-refractivity contribution in [3.63, 3.8) is 0 Å². The van der Waals surface area contributed by atoms with Gasteiger partial charge in [-0.2, -0.15) is 0 Å². The lowest BCUT2D eigenvalue weighted by atomic mass is 9.99. The number of rotatable bonds is 10. The maximum absolute atomic E-state index is 12.8. The van der Waals surface area contributed by atoms with Crippen molar-refractivity contribution in [2.75, 3.05) is 55.7 Å². The summed E-state index contributed by atoms with van der Waals surface area (Å²) in [5.74, 6) is 1.50. The third kappa shape index (κ3) is 7.38. The van der Waals surface area contributed by atoms with Crippen molar-refractivity contribution in [3.8, 4) is 22.5 Å². The second-order valence-electron chi connectivity index (χ2n) is 12.2. The first kappa shape index (κ1) is 31.1. The average Bonchev–Trinajstić information content (AvgIpc) is 3.52. The molecule has 0 aliphatic carbocycles. The Balaban J connectivity index is 0.975. The minimum atomic E-state index is -0.266. The largest absolute Gasteiger partial charge is 0.437 e. The molecule has 7 rings (SSSR count). The van der Waals surface area contributed by atoms with Gasteiger partial charge in [-0.15, -0.1) is 0 Å². The summed E-state index contributed by atoms with van der Waals surface area (Å²) in [4.78, 5) is 26.7. The molecule has 0 unspecified atom stereocenters. The minimum absolute atomic E-state index is 0.266. The van der Waals surface area contributed by atoms with Gasteiger partial charge in [0.05, 0.1) is 5.39 Å². The molecule has 1 aliphatic rings. The number of nitrogens with zero attached hydrogens (tertiary/aromatic N) is 4. The Morgan fingerprint density at radius 3 is 2.21 bits per heavy atom. The van der Waals surface area contributed by atoms with Crippen LogP contribution < -0.4 is 16.0 Å². The Labute approximate surface area is 280 Å². The van der Waals surface area contributed by atoms with Gasteiger partial charge in [0.15, 0.2) is 0 Å². The lowest BCUT2D eigenvalue weighted by molar-refractivity contribution is 0.148. The second kappa shape index (κ2) is 14.5. The Bertz CT molecular complexity index is 1970. The third-order valence-electron chi connectivity index (χ3n) is 8.69. The first-order valence-electron chi connectivity index (χ1n) is 16.4. The number of benzene rings is 4. The summed E-state index contributed by atoms with van der Waals surface area (Å²) in [6.45, 7) is 5.81. The summed E-state index contributed by atoms with van der Waals surface area (Å²) in [6, 6.07) is 36.0. The third-order valence-corrected chi connectivity index (χ3v) is 8.69. The van der Waals surface area contributed by atoms with Gasteiger partial charge < -0.3 is 25.3 Å². The van der Waals surface area contributed by atoms with Gasteiger partial charge in [-0.05, 0) is 54.4 Å². The molecule has 1 saturated heterocycles. The van der Waals surface area contributed by atoms with E-state index in [2.05, 4.69) is 61.0 Å². The Hall–Kier alpha value is -5.51. The maximum atomic E-state index is 12.8. The van der Waals surface area contributed by atoms with Crippen molar-refractivity contribution in [2.45, 2.75) is 13.0 Å². The molecule has 2 aromatic heterocycles. The number of hydrogen-bond acceptors (Lipinski definition) is 7. The Morgan fingerprint density at radius 1 is 0.750 bits per heavy atom. The van der Waals surface area contributed by atoms with E-state index >= 15 is 0 Å². The van der Waals surface area contributed by atoms with Gasteiger partial charge in [0, 0.05) is 61.8 Å². The van der Waals surface area contributed by atoms with E-state index in [0.717, 1.165) is 89.7 Å². The molecule has 0 atom stereocenters. The van der Waals surface area contributed by atoms with E-state index in [0.29, 0.717) is 12.3 Å². The number of carbonyl (C=O) groups is 1. The van der Waals surface area contributed by atoms with Crippen molar-refractivity contribution < 1.29 is 9.21 Å². The molecule has 9 heteroatoms. The highest BCUT2D eigenvalue weighted by atomic mass is 16.3. The number of piperazine rings is 1. The van der Waals surface area contributed by atoms with E-state index in [9.17, 15) is 4.79 Å². The summed E-state index contributed by atoms with van der Waals surface area (Å²) in [5.41, 5.74) is 7.38. The number of furan rings is 1. The van der Waals surface area contributed by atoms with Crippen molar-refractivity contribution in [2.24, 2.45) is 0 Å². The first-order valence-corrected chi connectivity index (χ1v) is 16.4. The summed E-state index contributed by atoms with van der Waals surface area (Å²) >= 11 is 0. The maximum Gasteiger partial charge on any atom is 0.323 e. The van der Waals surface area contributed by atoms with Gasteiger partial charge >= 0.3 is 6.03 Å². The van der Waals surface area contributed by atoms with E-state index < -0.39 is 0 Å². The standard InChI is InChI=1S/C39H39N7O2/c1-45-21-23-46(24-22-45)26-29-9-8-14-33(25-29)44-39(47)43-32-17-15-28(16-18-32)19-20-40-37-35-34(30-10-4-2-5-11-30)36(31-12-6-3-7-13-31)48-38(35)42-27-41-37/h2-18,25,27H,19-24,26H2,1H3,(H,40,41,42)(H2,43,44,47). The predicted molar refractivity (Wildman–Crippen MR) is 193 cm³/mol. The molecular weight excluding hydrogens is 598 g/mol. The van der Waals surface area contributed by atoms with Crippen molar-refractivity contribution >= 4 is 34.3 Å². The lowest BCUT2D eigenvalue weighted by Gasteiger charge is -2.32. The molecule has 0 saturated carbocycles. The molecule has 242 valence electrons. The second-order valence-corrected chi connectivity index (χ2v) is 12.2.